The first kappa shape index (κ1) is 18.1. The maximum absolute atomic E-state index is 12.5. The van der Waals surface area contributed by atoms with Gasteiger partial charge in [0.1, 0.15) is 5.82 Å². The summed E-state index contributed by atoms with van der Waals surface area (Å²) in [6, 6.07) is 7.47. The van der Waals surface area contributed by atoms with Gasteiger partial charge in [0.25, 0.3) is 5.56 Å². The van der Waals surface area contributed by atoms with Crippen molar-refractivity contribution >= 4 is 28.7 Å². The van der Waals surface area contributed by atoms with Crippen LogP contribution in [-0.4, -0.2) is 32.4 Å². The number of pyridine rings is 1. The third-order valence-electron chi connectivity index (χ3n) is 4.89. The maximum Gasteiger partial charge on any atom is 0.253 e. The molecule has 8 heteroatoms. The standard InChI is InChI=1S/C20H22N6O2/c1-11-6-7-16-14(9-11)10-15(18(28)24-16)12(2)21-19-22-13(3)23-20(25-19)26-8-4-5-17(26)27/h6-7,9-10,12H,4-5,8H2,1-3H3,(H,24,28)(H,21,22,23,25). The Balaban J connectivity index is 1.65. The normalized spacial score (nSPS) is 15.2. The average molecular weight is 378 g/mol. The van der Waals surface area contributed by atoms with Crippen molar-refractivity contribution < 1.29 is 4.79 Å². The van der Waals surface area contributed by atoms with E-state index in [1.807, 2.05) is 38.1 Å². The van der Waals surface area contributed by atoms with Crippen LogP contribution in [0.15, 0.2) is 29.1 Å². The number of benzene rings is 1. The number of carbonyl (C=O) groups is 1. The van der Waals surface area contributed by atoms with Crippen molar-refractivity contribution in [3.63, 3.8) is 0 Å². The van der Waals surface area contributed by atoms with Gasteiger partial charge in [-0.05, 0) is 50.8 Å². The van der Waals surface area contributed by atoms with Crippen LogP contribution in [0.3, 0.4) is 0 Å². The highest BCUT2D eigenvalue weighted by Gasteiger charge is 2.25. The van der Waals surface area contributed by atoms with E-state index >= 15 is 0 Å². The van der Waals surface area contributed by atoms with Gasteiger partial charge in [-0.3, -0.25) is 14.5 Å². The van der Waals surface area contributed by atoms with Crippen molar-refractivity contribution in [2.24, 2.45) is 0 Å². The van der Waals surface area contributed by atoms with E-state index in [0.29, 0.717) is 36.3 Å². The quantitative estimate of drug-likeness (QED) is 0.723. The Morgan fingerprint density at radius 1 is 1.14 bits per heavy atom. The lowest BCUT2D eigenvalue weighted by atomic mass is 10.1. The molecule has 0 radical (unpaired) electrons. The highest BCUT2D eigenvalue weighted by Crippen LogP contribution is 2.22. The topological polar surface area (TPSA) is 104 Å². The number of nitrogens with one attached hydrogen (secondary N) is 2. The van der Waals surface area contributed by atoms with Crippen LogP contribution in [0.1, 0.15) is 42.8 Å². The molecule has 1 fully saturated rings. The van der Waals surface area contributed by atoms with Crippen LogP contribution in [0.4, 0.5) is 11.9 Å². The van der Waals surface area contributed by atoms with Gasteiger partial charge in [0.15, 0.2) is 0 Å². The first-order chi connectivity index (χ1) is 13.4. The number of nitrogens with zero attached hydrogens (tertiary/aromatic N) is 4. The fraction of sp³-hybridized carbons (Fsp3) is 0.350. The largest absolute Gasteiger partial charge is 0.347 e. The molecule has 2 N–H and O–H groups in total. The van der Waals surface area contributed by atoms with Crippen LogP contribution < -0.4 is 15.8 Å². The molecule has 8 nitrogen and oxygen atoms in total. The number of anilines is 2. The van der Waals surface area contributed by atoms with Crippen LogP contribution in [0.25, 0.3) is 10.9 Å². The van der Waals surface area contributed by atoms with E-state index in [1.54, 1.807) is 11.8 Å². The highest BCUT2D eigenvalue weighted by atomic mass is 16.2. The lowest BCUT2D eigenvalue weighted by Crippen LogP contribution is -2.27. The van der Waals surface area contributed by atoms with E-state index in [2.05, 4.69) is 25.3 Å². The SMILES string of the molecule is Cc1ccc2[nH]c(=O)c(C(C)Nc3nc(C)nc(N4CCCC4=O)n3)cc2c1. The minimum atomic E-state index is -0.322. The Hall–Kier alpha value is -3.29. The molecule has 3 heterocycles. The van der Waals surface area contributed by atoms with E-state index in [4.69, 9.17) is 0 Å². The summed E-state index contributed by atoms with van der Waals surface area (Å²) in [6.45, 7) is 6.26. The van der Waals surface area contributed by atoms with E-state index in [0.717, 1.165) is 22.9 Å². The second-order valence-corrected chi connectivity index (χ2v) is 7.17. The molecule has 144 valence electrons. The monoisotopic (exact) mass is 378 g/mol. The number of hydrogen-bond acceptors (Lipinski definition) is 6. The van der Waals surface area contributed by atoms with Gasteiger partial charge in [-0.15, -0.1) is 0 Å². The van der Waals surface area contributed by atoms with Gasteiger partial charge >= 0.3 is 0 Å². The van der Waals surface area contributed by atoms with E-state index in [9.17, 15) is 9.59 Å². The number of amides is 1. The molecule has 28 heavy (non-hydrogen) atoms. The number of aryl methyl sites for hydroxylation is 2. The zero-order valence-corrected chi connectivity index (χ0v) is 16.1. The summed E-state index contributed by atoms with van der Waals surface area (Å²) in [7, 11) is 0. The summed E-state index contributed by atoms with van der Waals surface area (Å²) >= 11 is 0. The first-order valence-corrected chi connectivity index (χ1v) is 9.34. The second kappa shape index (κ2) is 7.03. The number of H-pyrrole nitrogens is 1. The van der Waals surface area contributed by atoms with Crippen molar-refractivity contribution in [3.8, 4) is 0 Å². The average Bonchev–Trinajstić information content (AvgIpc) is 3.07. The molecule has 0 bridgehead atoms. The molecule has 0 saturated carbocycles. The fourth-order valence-electron chi connectivity index (χ4n) is 3.45. The van der Waals surface area contributed by atoms with Gasteiger partial charge < -0.3 is 10.3 Å². The Kier molecular flexibility index (Phi) is 4.54. The van der Waals surface area contributed by atoms with Crippen molar-refractivity contribution in [1.29, 1.82) is 0 Å². The molecule has 0 aliphatic carbocycles. The molecule has 1 aliphatic rings. The van der Waals surface area contributed by atoms with Gasteiger partial charge in [-0.1, -0.05) is 11.6 Å². The summed E-state index contributed by atoms with van der Waals surface area (Å²) in [4.78, 5) is 42.0. The Labute approximate surface area is 162 Å². The number of hydrogen-bond donors (Lipinski definition) is 2. The molecule has 1 amide bonds. The van der Waals surface area contributed by atoms with Gasteiger partial charge in [0, 0.05) is 24.0 Å². The summed E-state index contributed by atoms with van der Waals surface area (Å²) in [6.07, 6.45) is 1.31. The third kappa shape index (κ3) is 3.45. The molecule has 3 aromatic rings. The van der Waals surface area contributed by atoms with E-state index < -0.39 is 0 Å². The number of fused-ring (bicyclic) bond motifs is 1. The third-order valence-corrected chi connectivity index (χ3v) is 4.89. The first-order valence-electron chi connectivity index (χ1n) is 9.34. The Bertz CT molecular complexity index is 1120. The van der Waals surface area contributed by atoms with Gasteiger partial charge in [0.2, 0.25) is 17.8 Å². The lowest BCUT2D eigenvalue weighted by molar-refractivity contribution is -0.117. The van der Waals surface area contributed by atoms with Crippen LogP contribution in [0.5, 0.6) is 0 Å². The zero-order chi connectivity index (χ0) is 19.8. The number of aromatic amines is 1. The van der Waals surface area contributed by atoms with Crippen molar-refractivity contribution in [3.05, 3.63) is 51.6 Å². The summed E-state index contributed by atoms with van der Waals surface area (Å²) < 4.78 is 0. The molecule has 1 saturated heterocycles. The predicted molar refractivity (Wildman–Crippen MR) is 107 cm³/mol. The van der Waals surface area contributed by atoms with Crippen LogP contribution >= 0.6 is 0 Å². The van der Waals surface area contributed by atoms with E-state index in [1.165, 1.54) is 0 Å². The molecular formula is C20H22N6O2. The molecule has 0 spiro atoms. The van der Waals surface area contributed by atoms with Crippen molar-refractivity contribution in [2.45, 2.75) is 39.7 Å². The highest BCUT2D eigenvalue weighted by molar-refractivity contribution is 5.93. The number of carbonyl (C=O) groups excluding carboxylic acids is 1. The van der Waals surface area contributed by atoms with Crippen LogP contribution in [0.2, 0.25) is 0 Å². The van der Waals surface area contributed by atoms with Crippen LogP contribution in [0, 0.1) is 13.8 Å². The van der Waals surface area contributed by atoms with Crippen molar-refractivity contribution in [1.82, 2.24) is 19.9 Å². The van der Waals surface area contributed by atoms with E-state index in [-0.39, 0.29) is 17.5 Å². The molecule has 2 aromatic heterocycles. The molecule has 1 unspecified atom stereocenters. The summed E-state index contributed by atoms with van der Waals surface area (Å²) in [5, 5.41) is 4.15. The molecular weight excluding hydrogens is 356 g/mol. The Morgan fingerprint density at radius 3 is 2.71 bits per heavy atom. The zero-order valence-electron chi connectivity index (χ0n) is 16.1. The summed E-state index contributed by atoms with van der Waals surface area (Å²) in [5.41, 5.74) is 2.36. The second-order valence-electron chi connectivity index (χ2n) is 7.17. The van der Waals surface area contributed by atoms with Gasteiger partial charge in [0.05, 0.1) is 6.04 Å². The predicted octanol–water partition coefficient (Wildman–Crippen LogP) is 2.63. The maximum atomic E-state index is 12.5. The minimum absolute atomic E-state index is 0.0194. The number of aromatic nitrogens is 4. The van der Waals surface area contributed by atoms with Crippen molar-refractivity contribution in [2.75, 3.05) is 16.8 Å². The van der Waals surface area contributed by atoms with Gasteiger partial charge in [-0.25, -0.2) is 0 Å². The summed E-state index contributed by atoms with van der Waals surface area (Å²) in [5.74, 6) is 1.24. The van der Waals surface area contributed by atoms with Crippen LogP contribution in [-0.2, 0) is 4.79 Å². The Morgan fingerprint density at radius 2 is 1.96 bits per heavy atom. The van der Waals surface area contributed by atoms with Gasteiger partial charge in [-0.2, -0.15) is 15.0 Å². The number of rotatable bonds is 4. The smallest absolute Gasteiger partial charge is 0.253 e. The molecule has 4 rings (SSSR count). The molecule has 1 atom stereocenters. The molecule has 1 aromatic carbocycles. The molecule has 1 aliphatic heterocycles. The fourth-order valence-corrected chi connectivity index (χ4v) is 3.45. The lowest BCUT2D eigenvalue weighted by Gasteiger charge is -2.17. The minimum Gasteiger partial charge on any atom is -0.347 e.